The molecular formula is C18H18ClN3O4. The topological polar surface area (TPSA) is 74.5 Å². The number of esters is 1. The zero-order chi connectivity index (χ0) is 18.8. The third-order valence-corrected chi connectivity index (χ3v) is 4.32. The van der Waals surface area contributed by atoms with Crippen molar-refractivity contribution in [2.45, 2.75) is 6.54 Å². The lowest BCUT2D eigenvalue weighted by atomic mass is 10.3. The molecule has 8 heteroatoms. The van der Waals surface area contributed by atoms with Gasteiger partial charge >= 0.3 is 5.97 Å². The number of benzene rings is 1. The van der Waals surface area contributed by atoms with Gasteiger partial charge in [0.05, 0.1) is 30.9 Å². The summed E-state index contributed by atoms with van der Waals surface area (Å²) in [6.07, 6.45) is 1.86. The monoisotopic (exact) mass is 375 g/mol. The summed E-state index contributed by atoms with van der Waals surface area (Å²) in [4.78, 5) is 24.7. The fraction of sp³-hybridized carbons (Fsp3) is 0.222. The number of aryl methyl sites for hydroxylation is 1. The summed E-state index contributed by atoms with van der Waals surface area (Å²) in [5, 5.41) is 3.24. The van der Waals surface area contributed by atoms with Crippen LogP contribution in [0.2, 0.25) is 5.02 Å². The van der Waals surface area contributed by atoms with E-state index in [9.17, 15) is 9.59 Å². The predicted octanol–water partition coefficient (Wildman–Crippen LogP) is 3.07. The Kier molecular flexibility index (Phi) is 4.90. The molecule has 2 heterocycles. The van der Waals surface area contributed by atoms with Crippen molar-refractivity contribution in [3.63, 3.8) is 0 Å². The zero-order valence-corrected chi connectivity index (χ0v) is 15.3. The summed E-state index contributed by atoms with van der Waals surface area (Å²) in [6, 6.07) is 8.49. The number of nitrogens with one attached hydrogen (secondary N) is 1. The van der Waals surface area contributed by atoms with E-state index in [0.717, 1.165) is 11.0 Å². The van der Waals surface area contributed by atoms with Crippen molar-refractivity contribution < 1.29 is 19.1 Å². The molecule has 0 radical (unpaired) electrons. The van der Waals surface area contributed by atoms with E-state index in [-0.39, 0.29) is 12.5 Å². The van der Waals surface area contributed by atoms with Gasteiger partial charge in [-0.05, 0) is 30.3 Å². The molecule has 136 valence electrons. The van der Waals surface area contributed by atoms with E-state index in [1.54, 1.807) is 28.8 Å². The Morgan fingerprint density at radius 2 is 1.92 bits per heavy atom. The molecule has 0 aliphatic heterocycles. The van der Waals surface area contributed by atoms with Gasteiger partial charge in [0.1, 0.15) is 18.0 Å². The van der Waals surface area contributed by atoms with Crippen molar-refractivity contribution in [2.75, 3.05) is 19.5 Å². The van der Waals surface area contributed by atoms with Crippen LogP contribution in [0.15, 0.2) is 36.5 Å². The van der Waals surface area contributed by atoms with Gasteiger partial charge in [-0.25, -0.2) is 4.79 Å². The van der Waals surface area contributed by atoms with Crippen LogP contribution in [0, 0.1) is 0 Å². The summed E-state index contributed by atoms with van der Waals surface area (Å²) in [5.74, 6) is -0.334. The van der Waals surface area contributed by atoms with E-state index < -0.39 is 5.97 Å². The van der Waals surface area contributed by atoms with Gasteiger partial charge in [-0.15, -0.1) is 0 Å². The van der Waals surface area contributed by atoms with Crippen LogP contribution in [0.4, 0.5) is 5.69 Å². The lowest BCUT2D eigenvalue weighted by Crippen LogP contribution is -2.22. The van der Waals surface area contributed by atoms with Crippen LogP contribution in [0.5, 0.6) is 5.75 Å². The first kappa shape index (κ1) is 17.9. The molecule has 3 aromatic rings. The Morgan fingerprint density at radius 1 is 1.15 bits per heavy atom. The number of hydrogen-bond acceptors (Lipinski definition) is 4. The van der Waals surface area contributed by atoms with Crippen LogP contribution < -0.4 is 10.1 Å². The molecular weight excluding hydrogens is 358 g/mol. The largest absolute Gasteiger partial charge is 0.495 e. The van der Waals surface area contributed by atoms with E-state index in [1.165, 1.54) is 14.2 Å². The number of fused-ring (bicyclic) bond motifs is 1. The number of carbonyl (C=O) groups excluding carboxylic acids is 2. The maximum absolute atomic E-state index is 12.6. The first-order chi connectivity index (χ1) is 12.4. The summed E-state index contributed by atoms with van der Waals surface area (Å²) < 4.78 is 13.6. The molecule has 1 amide bonds. The highest BCUT2D eigenvalue weighted by Crippen LogP contribution is 2.28. The lowest BCUT2D eigenvalue weighted by molar-refractivity contribution is -0.116. The van der Waals surface area contributed by atoms with Crippen molar-refractivity contribution >= 4 is 40.2 Å². The van der Waals surface area contributed by atoms with Crippen molar-refractivity contribution in [3.8, 4) is 5.75 Å². The number of ether oxygens (including phenoxy) is 2. The Balaban J connectivity index is 1.92. The molecule has 0 saturated carbocycles. The molecule has 26 heavy (non-hydrogen) atoms. The molecule has 0 aliphatic carbocycles. The van der Waals surface area contributed by atoms with Gasteiger partial charge < -0.3 is 23.9 Å². The van der Waals surface area contributed by atoms with Crippen LogP contribution in [0.25, 0.3) is 11.0 Å². The average molecular weight is 376 g/mol. The molecule has 3 rings (SSSR count). The van der Waals surface area contributed by atoms with E-state index in [4.69, 9.17) is 21.1 Å². The number of halogens is 1. The predicted molar refractivity (Wildman–Crippen MR) is 98.9 cm³/mol. The van der Waals surface area contributed by atoms with Crippen LogP contribution in [-0.2, 0) is 23.1 Å². The summed E-state index contributed by atoms with van der Waals surface area (Å²) in [6.45, 7) is -0.0619. The molecule has 0 fully saturated rings. The van der Waals surface area contributed by atoms with Crippen LogP contribution in [0.1, 0.15) is 10.5 Å². The zero-order valence-electron chi connectivity index (χ0n) is 14.6. The molecule has 2 aromatic heterocycles. The van der Waals surface area contributed by atoms with Crippen LogP contribution >= 0.6 is 11.6 Å². The maximum Gasteiger partial charge on any atom is 0.354 e. The average Bonchev–Trinajstić information content (AvgIpc) is 3.15. The van der Waals surface area contributed by atoms with E-state index in [0.29, 0.717) is 22.2 Å². The minimum Gasteiger partial charge on any atom is -0.495 e. The maximum atomic E-state index is 12.6. The first-order valence-corrected chi connectivity index (χ1v) is 8.18. The Bertz CT molecular complexity index is 990. The Labute approximate surface area is 155 Å². The van der Waals surface area contributed by atoms with Crippen molar-refractivity contribution in [1.82, 2.24) is 9.13 Å². The number of aromatic nitrogens is 2. The molecule has 7 nitrogen and oxygen atoms in total. The van der Waals surface area contributed by atoms with Gasteiger partial charge in [-0.1, -0.05) is 11.6 Å². The highest BCUT2D eigenvalue weighted by molar-refractivity contribution is 6.31. The van der Waals surface area contributed by atoms with Gasteiger partial charge in [0.25, 0.3) is 0 Å². The van der Waals surface area contributed by atoms with E-state index in [2.05, 4.69) is 5.32 Å². The summed E-state index contributed by atoms with van der Waals surface area (Å²) in [7, 11) is 4.68. The van der Waals surface area contributed by atoms with Gasteiger partial charge in [-0.2, -0.15) is 0 Å². The number of hydrogen-bond donors (Lipinski definition) is 1. The van der Waals surface area contributed by atoms with Gasteiger partial charge in [-0.3, -0.25) is 4.79 Å². The highest BCUT2D eigenvalue weighted by atomic mass is 35.5. The fourth-order valence-electron chi connectivity index (χ4n) is 2.83. The third-order valence-electron chi connectivity index (χ3n) is 4.09. The quantitative estimate of drug-likeness (QED) is 0.695. The third kappa shape index (κ3) is 3.25. The normalized spacial score (nSPS) is 10.8. The van der Waals surface area contributed by atoms with Crippen molar-refractivity contribution in [1.29, 1.82) is 0 Å². The van der Waals surface area contributed by atoms with E-state index >= 15 is 0 Å². The van der Waals surface area contributed by atoms with E-state index in [1.807, 2.05) is 23.9 Å². The molecule has 1 N–H and O–H groups in total. The van der Waals surface area contributed by atoms with Crippen LogP contribution in [-0.4, -0.2) is 35.2 Å². The molecule has 0 unspecified atom stereocenters. The molecule has 0 atom stereocenters. The standard InChI is InChI=1S/C18H18ClN3O4/c1-21-7-6-13-14(21)9-15(18(24)26-3)22(13)10-17(23)20-12-8-11(19)4-5-16(12)25-2/h4-9H,10H2,1-3H3,(H,20,23). The Morgan fingerprint density at radius 3 is 2.62 bits per heavy atom. The minimum atomic E-state index is -0.505. The smallest absolute Gasteiger partial charge is 0.354 e. The van der Waals surface area contributed by atoms with Crippen molar-refractivity contribution in [2.24, 2.45) is 7.05 Å². The van der Waals surface area contributed by atoms with Gasteiger partial charge in [0.2, 0.25) is 5.91 Å². The number of nitrogens with zero attached hydrogens (tertiary/aromatic N) is 2. The second-order valence-electron chi connectivity index (χ2n) is 5.70. The molecule has 0 aliphatic rings. The lowest BCUT2D eigenvalue weighted by Gasteiger charge is -2.12. The number of carbonyl (C=O) groups is 2. The Hall–Kier alpha value is -2.93. The van der Waals surface area contributed by atoms with Crippen LogP contribution in [0.3, 0.4) is 0 Å². The molecule has 0 bridgehead atoms. The molecule has 0 saturated heterocycles. The number of rotatable bonds is 5. The first-order valence-electron chi connectivity index (χ1n) is 7.81. The summed E-state index contributed by atoms with van der Waals surface area (Å²) in [5.41, 5.74) is 2.36. The van der Waals surface area contributed by atoms with Gasteiger partial charge in [0.15, 0.2) is 0 Å². The molecule has 0 spiro atoms. The number of methoxy groups -OCH3 is 2. The summed E-state index contributed by atoms with van der Waals surface area (Å²) >= 11 is 5.99. The molecule has 1 aromatic carbocycles. The second kappa shape index (κ2) is 7.13. The SMILES string of the molecule is COC(=O)c1cc2c(ccn2C)n1CC(=O)Nc1cc(Cl)ccc1OC. The minimum absolute atomic E-state index is 0.0619. The number of anilines is 1. The highest BCUT2D eigenvalue weighted by Gasteiger charge is 2.20. The second-order valence-corrected chi connectivity index (χ2v) is 6.13. The van der Waals surface area contributed by atoms with Gasteiger partial charge in [0, 0.05) is 18.3 Å². The fourth-order valence-corrected chi connectivity index (χ4v) is 3.00. The van der Waals surface area contributed by atoms with Crippen molar-refractivity contribution in [3.05, 3.63) is 47.2 Å². The number of amides is 1.